The molecule has 13 nitrogen and oxygen atoms in total. The van der Waals surface area contributed by atoms with E-state index in [1.165, 1.54) is 30.0 Å². The number of amides is 1. The molecule has 254 valence electrons. The van der Waals surface area contributed by atoms with E-state index in [1.807, 2.05) is 48.5 Å². The van der Waals surface area contributed by atoms with Crippen molar-refractivity contribution in [3.8, 4) is 11.4 Å². The molecule has 0 aliphatic carbocycles. The molecule has 14 heteroatoms. The topological polar surface area (TPSA) is 175 Å². The number of aliphatic hydroxyl groups excluding tert-OH is 1. The predicted molar refractivity (Wildman–Crippen MR) is 178 cm³/mol. The van der Waals surface area contributed by atoms with Gasteiger partial charge in [-0.3, -0.25) is 4.79 Å². The fraction of sp³-hybridized carbons (Fsp3) is 0.222. The van der Waals surface area contributed by atoms with Crippen LogP contribution in [0.5, 0.6) is 5.75 Å². The maximum Gasteiger partial charge on any atom is 0.346 e. The van der Waals surface area contributed by atoms with Crippen molar-refractivity contribution >= 4 is 29.6 Å². The lowest BCUT2D eigenvalue weighted by Crippen LogP contribution is -2.38. The molecule has 1 aromatic heterocycles. The maximum absolute atomic E-state index is 12.8. The number of hydrogen-bond donors (Lipinski definition) is 3. The number of thioether (sulfide) groups is 1. The number of hydrogen-bond acceptors (Lipinski definition) is 12. The highest BCUT2D eigenvalue weighted by atomic mass is 32.2. The maximum atomic E-state index is 12.8. The number of tetrazole rings is 1. The van der Waals surface area contributed by atoms with Crippen LogP contribution in [0.25, 0.3) is 5.69 Å². The smallest absolute Gasteiger partial charge is 0.346 e. The second-order valence-electron chi connectivity index (χ2n) is 11.9. The van der Waals surface area contributed by atoms with Gasteiger partial charge in [-0.05, 0) is 69.6 Å². The van der Waals surface area contributed by atoms with Gasteiger partial charge in [0, 0.05) is 29.3 Å². The van der Waals surface area contributed by atoms with Crippen LogP contribution in [-0.2, 0) is 27.4 Å². The van der Waals surface area contributed by atoms with Crippen LogP contribution in [0.4, 0.5) is 0 Å². The third kappa shape index (κ3) is 6.87. The van der Waals surface area contributed by atoms with Crippen LogP contribution in [0.15, 0.2) is 96.2 Å². The molecule has 4 aromatic carbocycles. The Kier molecular flexibility index (Phi) is 9.41. The van der Waals surface area contributed by atoms with E-state index in [2.05, 4.69) is 32.5 Å². The van der Waals surface area contributed by atoms with Gasteiger partial charge >= 0.3 is 11.9 Å². The lowest BCUT2D eigenvalue weighted by atomic mass is 9.91. The minimum absolute atomic E-state index is 0.0577. The number of esters is 2. The summed E-state index contributed by atoms with van der Waals surface area (Å²) in [6.07, 6.45) is -1.30. The highest BCUT2D eigenvalue weighted by Gasteiger charge is 2.39. The lowest BCUT2D eigenvalue weighted by molar-refractivity contribution is -0.268. The van der Waals surface area contributed by atoms with Gasteiger partial charge in [0.1, 0.15) is 5.75 Å². The van der Waals surface area contributed by atoms with Gasteiger partial charge in [-0.25, -0.2) is 9.59 Å². The third-order valence-electron chi connectivity index (χ3n) is 8.65. The molecule has 1 amide bonds. The Balaban J connectivity index is 1.06. The molecule has 1 saturated heterocycles. The number of carbonyl (C=O) groups excluding carboxylic acids is 3. The van der Waals surface area contributed by atoms with Gasteiger partial charge in [0.05, 0.1) is 35.6 Å². The van der Waals surface area contributed by atoms with Gasteiger partial charge in [0.15, 0.2) is 6.29 Å². The average molecular weight is 694 g/mol. The van der Waals surface area contributed by atoms with Gasteiger partial charge in [0.2, 0.25) is 5.16 Å². The molecule has 0 spiro atoms. The molecule has 1 fully saturated rings. The summed E-state index contributed by atoms with van der Waals surface area (Å²) < 4.78 is 19.3. The highest BCUT2D eigenvalue weighted by Crippen LogP contribution is 2.43. The van der Waals surface area contributed by atoms with Gasteiger partial charge in [-0.1, -0.05) is 67.2 Å². The number of cyclic esters (lactones) is 2. The van der Waals surface area contributed by atoms with Crippen molar-refractivity contribution in [3.05, 3.63) is 130 Å². The Morgan fingerprint density at radius 1 is 0.880 bits per heavy atom. The fourth-order valence-electron chi connectivity index (χ4n) is 5.79. The van der Waals surface area contributed by atoms with Gasteiger partial charge in [0.25, 0.3) is 5.91 Å². The first kappa shape index (κ1) is 33.1. The molecule has 4 atom stereocenters. The minimum atomic E-state index is -0.767. The van der Waals surface area contributed by atoms with Crippen molar-refractivity contribution in [2.24, 2.45) is 5.92 Å². The molecule has 5 aromatic rings. The number of nitrogens with zero attached hydrogens (tertiary/aromatic N) is 4. The van der Waals surface area contributed by atoms with Crippen LogP contribution in [0.1, 0.15) is 72.6 Å². The summed E-state index contributed by atoms with van der Waals surface area (Å²) in [6.45, 7) is 2.23. The summed E-state index contributed by atoms with van der Waals surface area (Å²) in [5, 5.41) is 34.9. The molecule has 2 aliphatic rings. The number of carbonyl (C=O) groups is 3. The highest BCUT2D eigenvalue weighted by molar-refractivity contribution is 7.99. The Morgan fingerprint density at radius 2 is 1.58 bits per heavy atom. The lowest BCUT2D eigenvalue weighted by Gasteiger charge is -2.41. The summed E-state index contributed by atoms with van der Waals surface area (Å²) in [7, 11) is 0. The molecule has 0 radical (unpaired) electrons. The first-order valence-electron chi connectivity index (χ1n) is 15.8. The zero-order valence-corrected chi connectivity index (χ0v) is 27.4. The fourth-order valence-corrected chi connectivity index (χ4v) is 6.85. The van der Waals surface area contributed by atoms with Crippen molar-refractivity contribution in [2.75, 3.05) is 5.75 Å². The van der Waals surface area contributed by atoms with E-state index in [9.17, 15) is 24.6 Å². The van der Waals surface area contributed by atoms with Gasteiger partial charge < -0.3 is 29.7 Å². The molecule has 0 saturated carbocycles. The summed E-state index contributed by atoms with van der Waals surface area (Å²) in [6, 6.07) is 26.0. The van der Waals surface area contributed by atoms with E-state index in [-0.39, 0.29) is 53.7 Å². The monoisotopic (exact) mass is 693 g/mol. The number of benzene rings is 4. The van der Waals surface area contributed by atoms with E-state index in [0.717, 1.165) is 22.3 Å². The molecule has 4 unspecified atom stereocenters. The summed E-state index contributed by atoms with van der Waals surface area (Å²) in [5.74, 6) is -1.29. The zero-order valence-electron chi connectivity index (χ0n) is 26.6. The summed E-state index contributed by atoms with van der Waals surface area (Å²) in [4.78, 5) is 36.5. The Hall–Kier alpha value is -5.41. The SMILES string of the molecule is CC1C(CSc2nnnn2-c2ccc(O)cc2)OC(c2ccc(CNC(=O)c3ccc4c(c3)C(=O)OC4=O)cc2)OC1c1ccc(CO)cc1. The quantitative estimate of drug-likeness (QED) is 0.105. The van der Waals surface area contributed by atoms with Crippen molar-refractivity contribution in [3.63, 3.8) is 0 Å². The van der Waals surface area contributed by atoms with Crippen LogP contribution in [0.2, 0.25) is 0 Å². The van der Waals surface area contributed by atoms with Crippen LogP contribution < -0.4 is 5.32 Å². The Morgan fingerprint density at radius 3 is 2.32 bits per heavy atom. The number of aromatic hydroxyl groups is 1. The summed E-state index contributed by atoms with van der Waals surface area (Å²) in [5.41, 5.74) is 4.53. The van der Waals surface area contributed by atoms with E-state index in [0.29, 0.717) is 16.6 Å². The molecule has 3 heterocycles. The van der Waals surface area contributed by atoms with Crippen LogP contribution in [0, 0.1) is 5.92 Å². The normalized spacial score (nSPS) is 20.0. The van der Waals surface area contributed by atoms with Crippen molar-refractivity contribution in [1.29, 1.82) is 0 Å². The third-order valence-corrected chi connectivity index (χ3v) is 9.66. The second-order valence-corrected chi connectivity index (χ2v) is 12.9. The van der Waals surface area contributed by atoms with Crippen LogP contribution in [-0.4, -0.2) is 60.1 Å². The number of phenolic OH excluding ortho intramolecular Hbond substituents is 1. The number of aliphatic hydroxyl groups is 1. The van der Waals surface area contributed by atoms with Crippen molar-refractivity contribution < 1.29 is 38.8 Å². The number of nitrogens with one attached hydrogen (secondary N) is 1. The van der Waals surface area contributed by atoms with Crippen molar-refractivity contribution in [1.82, 2.24) is 25.5 Å². The largest absolute Gasteiger partial charge is 0.508 e. The van der Waals surface area contributed by atoms with E-state index in [1.54, 1.807) is 28.9 Å². The second kappa shape index (κ2) is 14.2. The number of rotatable bonds is 10. The minimum Gasteiger partial charge on any atom is -0.508 e. The molecular formula is C36H31N5O8S. The van der Waals surface area contributed by atoms with Gasteiger partial charge in [-0.15, -0.1) is 5.10 Å². The molecule has 50 heavy (non-hydrogen) atoms. The molecule has 0 bridgehead atoms. The number of phenols is 1. The molecular weight excluding hydrogens is 662 g/mol. The van der Waals surface area contributed by atoms with E-state index < -0.39 is 24.1 Å². The van der Waals surface area contributed by atoms with Gasteiger partial charge in [-0.2, -0.15) is 4.68 Å². The predicted octanol–water partition coefficient (Wildman–Crippen LogP) is 4.68. The Labute approximate surface area is 290 Å². The molecule has 7 rings (SSSR count). The summed E-state index contributed by atoms with van der Waals surface area (Å²) >= 11 is 1.45. The number of fused-ring (bicyclic) bond motifs is 1. The average Bonchev–Trinajstić information content (AvgIpc) is 3.73. The van der Waals surface area contributed by atoms with Crippen LogP contribution in [0.3, 0.4) is 0 Å². The van der Waals surface area contributed by atoms with Crippen molar-refractivity contribution in [2.45, 2.75) is 43.7 Å². The first-order valence-corrected chi connectivity index (χ1v) is 16.7. The Bertz CT molecular complexity index is 2040. The standard InChI is InChI=1S/C36H31N5O8S/c1-20-30(19-50-36-38-39-40-41(36)26-11-13-27(43)14-12-26)47-35(48-31(20)23-6-4-22(18-42)5-7-23)24-8-2-21(3-9-24)17-37-32(44)25-10-15-28-29(16-25)34(46)49-33(28)45/h2-16,20,30-31,35,42-43H,17-19H2,1H3,(H,37,44). The zero-order chi connectivity index (χ0) is 34.8. The number of aromatic nitrogens is 4. The molecule has 3 N–H and O–H groups in total. The number of ether oxygens (including phenoxy) is 3. The first-order chi connectivity index (χ1) is 24.3. The van der Waals surface area contributed by atoms with E-state index in [4.69, 9.17) is 9.47 Å². The van der Waals surface area contributed by atoms with Crippen LogP contribution >= 0.6 is 11.8 Å². The van der Waals surface area contributed by atoms with E-state index >= 15 is 0 Å². The molecule has 2 aliphatic heterocycles.